The predicted molar refractivity (Wildman–Crippen MR) is 81.3 cm³/mol. The first kappa shape index (κ1) is 15.5. The molecular weight excluding hydrogens is 290 g/mol. The molecule has 1 rings (SSSR count). The monoisotopic (exact) mass is 313 g/mol. The van der Waals surface area contributed by atoms with Crippen molar-refractivity contribution in [1.29, 1.82) is 0 Å². The average Bonchev–Trinajstić information content (AvgIpc) is 2.28. The normalized spacial score (nSPS) is 12.8. The number of benzene rings is 1. The van der Waals surface area contributed by atoms with Gasteiger partial charge in [-0.3, -0.25) is 0 Å². The van der Waals surface area contributed by atoms with Gasteiger partial charge >= 0.3 is 0 Å². The Morgan fingerprint density at radius 3 is 2.61 bits per heavy atom. The van der Waals surface area contributed by atoms with Crippen LogP contribution in [-0.4, -0.2) is 18.7 Å². The SMILES string of the molecule is Cc1cc(Br)ccc1OC(C)CCCNC(C)C. The molecule has 0 bridgehead atoms. The summed E-state index contributed by atoms with van der Waals surface area (Å²) in [4.78, 5) is 0. The van der Waals surface area contributed by atoms with Crippen molar-refractivity contribution < 1.29 is 4.74 Å². The van der Waals surface area contributed by atoms with Crippen LogP contribution in [0.3, 0.4) is 0 Å². The topological polar surface area (TPSA) is 21.3 Å². The van der Waals surface area contributed by atoms with E-state index in [2.05, 4.69) is 55.0 Å². The molecule has 0 aliphatic carbocycles. The number of ether oxygens (including phenoxy) is 1. The van der Waals surface area contributed by atoms with Gasteiger partial charge in [0.05, 0.1) is 6.10 Å². The van der Waals surface area contributed by atoms with Crippen molar-refractivity contribution in [2.75, 3.05) is 6.54 Å². The molecule has 1 N–H and O–H groups in total. The largest absolute Gasteiger partial charge is 0.490 e. The first-order chi connectivity index (χ1) is 8.49. The summed E-state index contributed by atoms with van der Waals surface area (Å²) in [6, 6.07) is 6.70. The van der Waals surface area contributed by atoms with Crippen molar-refractivity contribution in [3.05, 3.63) is 28.2 Å². The molecule has 0 fully saturated rings. The number of halogens is 1. The molecule has 2 nitrogen and oxygen atoms in total. The lowest BCUT2D eigenvalue weighted by molar-refractivity contribution is 0.205. The number of aryl methyl sites for hydroxylation is 1. The Bertz CT molecular complexity index is 366. The van der Waals surface area contributed by atoms with Crippen LogP contribution in [0.1, 0.15) is 39.2 Å². The molecule has 18 heavy (non-hydrogen) atoms. The van der Waals surface area contributed by atoms with Gasteiger partial charge in [0.15, 0.2) is 0 Å². The van der Waals surface area contributed by atoms with Crippen LogP contribution in [0.15, 0.2) is 22.7 Å². The molecule has 0 aliphatic rings. The van der Waals surface area contributed by atoms with Crippen LogP contribution in [0.4, 0.5) is 0 Å². The summed E-state index contributed by atoms with van der Waals surface area (Å²) in [5.74, 6) is 0.988. The number of hydrogen-bond donors (Lipinski definition) is 1. The molecule has 102 valence electrons. The fourth-order valence-electron chi connectivity index (χ4n) is 1.80. The van der Waals surface area contributed by atoms with E-state index in [-0.39, 0.29) is 6.10 Å². The van der Waals surface area contributed by atoms with E-state index in [1.54, 1.807) is 0 Å². The summed E-state index contributed by atoms with van der Waals surface area (Å²) < 4.78 is 7.06. The van der Waals surface area contributed by atoms with E-state index in [4.69, 9.17) is 4.74 Å². The molecule has 1 aromatic carbocycles. The van der Waals surface area contributed by atoms with Gasteiger partial charge in [0.1, 0.15) is 5.75 Å². The zero-order chi connectivity index (χ0) is 13.5. The van der Waals surface area contributed by atoms with E-state index >= 15 is 0 Å². The van der Waals surface area contributed by atoms with Gasteiger partial charge in [0, 0.05) is 10.5 Å². The van der Waals surface area contributed by atoms with Gasteiger partial charge in [-0.1, -0.05) is 29.8 Å². The highest BCUT2D eigenvalue weighted by Crippen LogP contribution is 2.23. The fourth-order valence-corrected chi connectivity index (χ4v) is 2.28. The third kappa shape index (κ3) is 5.87. The van der Waals surface area contributed by atoms with Gasteiger partial charge in [-0.15, -0.1) is 0 Å². The first-order valence-electron chi connectivity index (χ1n) is 6.65. The molecule has 3 heteroatoms. The van der Waals surface area contributed by atoms with Crippen molar-refractivity contribution in [3.8, 4) is 5.75 Å². The quantitative estimate of drug-likeness (QED) is 0.758. The average molecular weight is 314 g/mol. The van der Waals surface area contributed by atoms with Gasteiger partial charge < -0.3 is 10.1 Å². The highest BCUT2D eigenvalue weighted by molar-refractivity contribution is 9.10. The van der Waals surface area contributed by atoms with Gasteiger partial charge in [0.25, 0.3) is 0 Å². The molecule has 0 saturated heterocycles. The smallest absolute Gasteiger partial charge is 0.122 e. The summed E-state index contributed by atoms with van der Waals surface area (Å²) in [7, 11) is 0. The molecule has 0 saturated carbocycles. The minimum atomic E-state index is 0.263. The Morgan fingerprint density at radius 2 is 2.00 bits per heavy atom. The zero-order valence-electron chi connectivity index (χ0n) is 11.8. The minimum absolute atomic E-state index is 0.263. The zero-order valence-corrected chi connectivity index (χ0v) is 13.4. The number of rotatable bonds is 7. The molecule has 1 atom stereocenters. The Hall–Kier alpha value is -0.540. The standard InChI is InChI=1S/C15H24BrNO/c1-11(2)17-9-5-6-13(4)18-15-8-7-14(16)10-12(15)3/h7-8,10-11,13,17H,5-6,9H2,1-4H3. The molecule has 0 aromatic heterocycles. The van der Waals surface area contributed by atoms with Crippen LogP contribution in [0.5, 0.6) is 5.75 Å². The van der Waals surface area contributed by atoms with E-state index in [0.29, 0.717) is 6.04 Å². The van der Waals surface area contributed by atoms with Crippen LogP contribution in [0, 0.1) is 6.92 Å². The Morgan fingerprint density at radius 1 is 1.28 bits per heavy atom. The molecule has 1 aromatic rings. The van der Waals surface area contributed by atoms with Gasteiger partial charge in [-0.25, -0.2) is 0 Å². The van der Waals surface area contributed by atoms with Gasteiger partial charge in [0.2, 0.25) is 0 Å². The summed E-state index contributed by atoms with van der Waals surface area (Å²) in [6.07, 6.45) is 2.49. The van der Waals surface area contributed by atoms with E-state index in [9.17, 15) is 0 Å². The highest BCUT2D eigenvalue weighted by atomic mass is 79.9. The van der Waals surface area contributed by atoms with Crippen LogP contribution >= 0.6 is 15.9 Å². The highest BCUT2D eigenvalue weighted by Gasteiger charge is 2.06. The van der Waals surface area contributed by atoms with Crippen molar-refractivity contribution in [1.82, 2.24) is 5.32 Å². The van der Waals surface area contributed by atoms with Crippen LogP contribution in [-0.2, 0) is 0 Å². The molecule has 0 heterocycles. The van der Waals surface area contributed by atoms with E-state index < -0.39 is 0 Å². The maximum Gasteiger partial charge on any atom is 0.122 e. The van der Waals surface area contributed by atoms with Crippen molar-refractivity contribution in [2.24, 2.45) is 0 Å². The lowest BCUT2D eigenvalue weighted by Gasteiger charge is -2.17. The van der Waals surface area contributed by atoms with Crippen LogP contribution in [0.2, 0.25) is 0 Å². The maximum atomic E-state index is 5.96. The third-order valence-electron chi connectivity index (χ3n) is 2.81. The lowest BCUT2D eigenvalue weighted by atomic mass is 10.2. The molecule has 0 spiro atoms. The molecule has 1 unspecified atom stereocenters. The summed E-state index contributed by atoms with van der Waals surface area (Å²) >= 11 is 3.46. The molecule has 0 radical (unpaired) electrons. The van der Waals surface area contributed by atoms with Crippen molar-refractivity contribution in [2.45, 2.75) is 52.7 Å². The molecule has 0 amide bonds. The second kappa shape index (κ2) is 7.80. The van der Waals surface area contributed by atoms with Gasteiger partial charge in [-0.05, 0) is 57.0 Å². The van der Waals surface area contributed by atoms with E-state index in [1.165, 1.54) is 5.56 Å². The summed E-state index contributed by atoms with van der Waals surface area (Å²) in [5.41, 5.74) is 1.18. The first-order valence-corrected chi connectivity index (χ1v) is 7.44. The minimum Gasteiger partial charge on any atom is -0.490 e. The molecular formula is C15H24BrNO. The third-order valence-corrected chi connectivity index (χ3v) is 3.30. The van der Waals surface area contributed by atoms with E-state index in [1.807, 2.05) is 12.1 Å². The van der Waals surface area contributed by atoms with Gasteiger partial charge in [-0.2, -0.15) is 0 Å². The Labute approximate surface area is 119 Å². The fraction of sp³-hybridized carbons (Fsp3) is 0.600. The number of nitrogens with one attached hydrogen (secondary N) is 1. The number of hydrogen-bond acceptors (Lipinski definition) is 2. The second-order valence-corrected chi connectivity index (χ2v) is 6.01. The van der Waals surface area contributed by atoms with Crippen LogP contribution in [0.25, 0.3) is 0 Å². The maximum absolute atomic E-state index is 5.96. The van der Waals surface area contributed by atoms with Crippen LogP contribution < -0.4 is 10.1 Å². The van der Waals surface area contributed by atoms with Crippen molar-refractivity contribution in [3.63, 3.8) is 0 Å². The second-order valence-electron chi connectivity index (χ2n) is 5.09. The molecule has 0 aliphatic heterocycles. The Balaban J connectivity index is 2.33. The summed E-state index contributed by atoms with van der Waals surface area (Å²) in [5, 5.41) is 3.42. The van der Waals surface area contributed by atoms with E-state index in [0.717, 1.165) is 29.6 Å². The summed E-state index contributed by atoms with van der Waals surface area (Å²) in [6.45, 7) is 9.62. The lowest BCUT2D eigenvalue weighted by Crippen LogP contribution is -2.25. The Kier molecular flexibility index (Phi) is 6.72. The predicted octanol–water partition coefficient (Wildman–Crippen LogP) is 4.30. The van der Waals surface area contributed by atoms with Crippen molar-refractivity contribution >= 4 is 15.9 Å².